The molecule has 0 aliphatic carbocycles. The van der Waals surface area contributed by atoms with Crippen LogP contribution in [0.1, 0.15) is 39.5 Å². The quantitative estimate of drug-likeness (QED) is 0.266. The second-order valence-electron chi connectivity index (χ2n) is 3.38. The zero-order valence-corrected chi connectivity index (χ0v) is 8.34. The molecule has 0 spiro atoms. The van der Waals surface area contributed by atoms with Gasteiger partial charge in [0.05, 0.1) is 0 Å². The minimum atomic E-state index is 0.468. The SMILES string of the molecule is C=CCCCC(NN)C(C)CC. The highest BCUT2D eigenvalue weighted by molar-refractivity contribution is 4.73. The molecule has 0 fully saturated rings. The van der Waals surface area contributed by atoms with Gasteiger partial charge in [0.1, 0.15) is 0 Å². The molecule has 0 aromatic heterocycles. The third-order valence-electron chi connectivity index (χ3n) is 2.47. The highest BCUT2D eigenvalue weighted by atomic mass is 15.2. The lowest BCUT2D eigenvalue weighted by atomic mass is 9.95. The number of hydrogen-bond donors (Lipinski definition) is 2. The number of hydrazine groups is 1. The molecule has 0 aromatic rings. The Labute approximate surface area is 76.2 Å². The fourth-order valence-electron chi connectivity index (χ4n) is 1.30. The fourth-order valence-corrected chi connectivity index (χ4v) is 1.30. The molecule has 0 amide bonds. The lowest BCUT2D eigenvalue weighted by Gasteiger charge is -2.21. The number of nitrogens with one attached hydrogen (secondary N) is 1. The van der Waals surface area contributed by atoms with Gasteiger partial charge in [0.15, 0.2) is 0 Å². The molecular formula is C10H22N2. The Kier molecular flexibility index (Phi) is 7.11. The third-order valence-corrected chi connectivity index (χ3v) is 2.47. The van der Waals surface area contributed by atoms with Crippen LogP contribution in [0, 0.1) is 5.92 Å². The summed E-state index contributed by atoms with van der Waals surface area (Å²) in [6.07, 6.45) is 6.57. The maximum Gasteiger partial charge on any atom is 0.0236 e. The summed E-state index contributed by atoms with van der Waals surface area (Å²) in [6, 6.07) is 0.468. The first-order valence-corrected chi connectivity index (χ1v) is 4.83. The van der Waals surface area contributed by atoms with Gasteiger partial charge >= 0.3 is 0 Å². The van der Waals surface area contributed by atoms with E-state index >= 15 is 0 Å². The fraction of sp³-hybridized carbons (Fsp3) is 0.800. The first-order chi connectivity index (χ1) is 5.76. The summed E-state index contributed by atoms with van der Waals surface area (Å²) in [6.45, 7) is 8.13. The minimum absolute atomic E-state index is 0.468. The lowest BCUT2D eigenvalue weighted by Crippen LogP contribution is -2.39. The summed E-state index contributed by atoms with van der Waals surface area (Å²) in [5.41, 5.74) is 2.88. The van der Waals surface area contributed by atoms with E-state index in [4.69, 9.17) is 5.84 Å². The maximum absolute atomic E-state index is 5.46. The average molecular weight is 170 g/mol. The van der Waals surface area contributed by atoms with E-state index < -0.39 is 0 Å². The van der Waals surface area contributed by atoms with E-state index in [1.807, 2.05) is 6.08 Å². The Bertz CT molecular complexity index is 112. The molecule has 3 N–H and O–H groups in total. The molecule has 72 valence electrons. The zero-order valence-electron chi connectivity index (χ0n) is 8.34. The summed E-state index contributed by atoms with van der Waals surface area (Å²) in [7, 11) is 0. The Morgan fingerprint density at radius 2 is 2.25 bits per heavy atom. The predicted molar refractivity (Wildman–Crippen MR) is 54.6 cm³/mol. The molecule has 2 unspecified atom stereocenters. The first kappa shape index (κ1) is 11.7. The van der Waals surface area contributed by atoms with Crippen molar-refractivity contribution in [1.82, 2.24) is 5.43 Å². The Morgan fingerprint density at radius 3 is 2.67 bits per heavy atom. The first-order valence-electron chi connectivity index (χ1n) is 4.83. The van der Waals surface area contributed by atoms with Gasteiger partial charge in [0.2, 0.25) is 0 Å². The summed E-state index contributed by atoms with van der Waals surface area (Å²) in [5.74, 6) is 6.12. The Balaban J connectivity index is 3.58. The molecule has 2 heteroatoms. The molecule has 0 bridgehead atoms. The van der Waals surface area contributed by atoms with Crippen LogP contribution in [-0.4, -0.2) is 6.04 Å². The van der Waals surface area contributed by atoms with Crippen molar-refractivity contribution in [2.75, 3.05) is 0 Å². The van der Waals surface area contributed by atoms with Gasteiger partial charge in [-0.2, -0.15) is 0 Å². The van der Waals surface area contributed by atoms with Crippen molar-refractivity contribution in [3.8, 4) is 0 Å². The molecule has 0 aliphatic heterocycles. The van der Waals surface area contributed by atoms with Crippen molar-refractivity contribution in [3.63, 3.8) is 0 Å². The van der Waals surface area contributed by atoms with Crippen LogP contribution in [0.4, 0.5) is 0 Å². The summed E-state index contributed by atoms with van der Waals surface area (Å²) < 4.78 is 0. The topological polar surface area (TPSA) is 38.0 Å². The average Bonchev–Trinajstić information content (AvgIpc) is 2.11. The molecule has 0 saturated heterocycles. The van der Waals surface area contributed by atoms with Crippen LogP contribution in [-0.2, 0) is 0 Å². The van der Waals surface area contributed by atoms with E-state index in [1.165, 1.54) is 12.8 Å². The third kappa shape index (κ3) is 4.52. The van der Waals surface area contributed by atoms with Crippen molar-refractivity contribution >= 4 is 0 Å². The molecule has 0 aliphatic rings. The van der Waals surface area contributed by atoms with Crippen LogP contribution in [0.25, 0.3) is 0 Å². The van der Waals surface area contributed by atoms with Crippen LogP contribution in [0.5, 0.6) is 0 Å². The van der Waals surface area contributed by atoms with Gasteiger partial charge in [0, 0.05) is 6.04 Å². The minimum Gasteiger partial charge on any atom is -0.271 e. The normalized spacial score (nSPS) is 15.6. The predicted octanol–water partition coefficient (Wildman–Crippen LogP) is 2.22. The standard InChI is InChI=1S/C10H22N2/c1-4-6-7-8-10(12-11)9(3)5-2/h4,9-10,12H,1,5-8,11H2,2-3H3. The summed E-state index contributed by atoms with van der Waals surface area (Å²) >= 11 is 0. The number of hydrogen-bond acceptors (Lipinski definition) is 2. The smallest absolute Gasteiger partial charge is 0.0236 e. The van der Waals surface area contributed by atoms with Crippen molar-refractivity contribution < 1.29 is 0 Å². The van der Waals surface area contributed by atoms with E-state index in [2.05, 4.69) is 25.9 Å². The molecule has 12 heavy (non-hydrogen) atoms. The van der Waals surface area contributed by atoms with Gasteiger partial charge in [-0.3, -0.25) is 11.3 Å². The monoisotopic (exact) mass is 170 g/mol. The van der Waals surface area contributed by atoms with Crippen LogP contribution >= 0.6 is 0 Å². The Hall–Kier alpha value is -0.340. The van der Waals surface area contributed by atoms with Crippen molar-refractivity contribution in [3.05, 3.63) is 12.7 Å². The van der Waals surface area contributed by atoms with Crippen LogP contribution in [0.15, 0.2) is 12.7 Å². The van der Waals surface area contributed by atoms with E-state index in [0.717, 1.165) is 12.8 Å². The van der Waals surface area contributed by atoms with Gasteiger partial charge < -0.3 is 0 Å². The molecule has 0 aromatic carbocycles. The summed E-state index contributed by atoms with van der Waals surface area (Å²) in [4.78, 5) is 0. The Morgan fingerprint density at radius 1 is 1.58 bits per heavy atom. The molecule has 0 saturated carbocycles. The lowest BCUT2D eigenvalue weighted by molar-refractivity contribution is 0.347. The highest BCUT2D eigenvalue weighted by Crippen LogP contribution is 2.12. The second-order valence-corrected chi connectivity index (χ2v) is 3.38. The molecule has 0 radical (unpaired) electrons. The molecule has 0 heterocycles. The largest absolute Gasteiger partial charge is 0.271 e. The van der Waals surface area contributed by atoms with Crippen LogP contribution in [0.3, 0.4) is 0 Å². The van der Waals surface area contributed by atoms with Gasteiger partial charge in [-0.05, 0) is 25.2 Å². The van der Waals surface area contributed by atoms with Crippen molar-refractivity contribution in [1.29, 1.82) is 0 Å². The summed E-state index contributed by atoms with van der Waals surface area (Å²) in [5, 5.41) is 0. The highest BCUT2D eigenvalue weighted by Gasteiger charge is 2.12. The molecular weight excluding hydrogens is 148 g/mol. The van der Waals surface area contributed by atoms with Gasteiger partial charge in [0.25, 0.3) is 0 Å². The maximum atomic E-state index is 5.46. The number of allylic oxidation sites excluding steroid dienone is 1. The molecule has 2 atom stereocenters. The van der Waals surface area contributed by atoms with E-state index in [1.54, 1.807) is 0 Å². The van der Waals surface area contributed by atoms with Crippen molar-refractivity contribution in [2.24, 2.45) is 11.8 Å². The van der Waals surface area contributed by atoms with Gasteiger partial charge in [-0.25, -0.2) is 0 Å². The van der Waals surface area contributed by atoms with E-state index in [-0.39, 0.29) is 0 Å². The molecule has 2 nitrogen and oxygen atoms in total. The number of unbranched alkanes of at least 4 members (excludes halogenated alkanes) is 1. The van der Waals surface area contributed by atoms with Crippen molar-refractivity contribution in [2.45, 2.75) is 45.6 Å². The number of nitrogens with two attached hydrogens (primary N) is 1. The second kappa shape index (κ2) is 7.32. The molecule has 0 rings (SSSR count). The van der Waals surface area contributed by atoms with E-state index in [0.29, 0.717) is 12.0 Å². The number of rotatable bonds is 7. The van der Waals surface area contributed by atoms with Gasteiger partial charge in [-0.1, -0.05) is 26.3 Å². The van der Waals surface area contributed by atoms with Crippen LogP contribution in [0.2, 0.25) is 0 Å². The van der Waals surface area contributed by atoms with Gasteiger partial charge in [-0.15, -0.1) is 6.58 Å². The zero-order chi connectivity index (χ0) is 9.40. The van der Waals surface area contributed by atoms with E-state index in [9.17, 15) is 0 Å². The van der Waals surface area contributed by atoms with Crippen LogP contribution < -0.4 is 11.3 Å².